The van der Waals surface area contributed by atoms with E-state index < -0.39 is 23.9 Å². The molecule has 1 aromatic rings. The van der Waals surface area contributed by atoms with E-state index in [2.05, 4.69) is 16.8 Å². The summed E-state index contributed by atoms with van der Waals surface area (Å²) < 4.78 is 19.7. The lowest BCUT2D eigenvalue weighted by Gasteiger charge is -2.49. The fourth-order valence-electron chi connectivity index (χ4n) is 3.52. The van der Waals surface area contributed by atoms with Gasteiger partial charge < -0.3 is 23.9 Å². The molecule has 8 nitrogen and oxygen atoms in total. The van der Waals surface area contributed by atoms with Crippen LogP contribution in [0.1, 0.15) is 54.9 Å². The maximum absolute atomic E-state index is 12.4. The smallest absolute Gasteiger partial charge is 0.444 e. The highest BCUT2D eigenvalue weighted by atomic mass is 16.7. The van der Waals surface area contributed by atoms with Crippen LogP contribution in [-0.4, -0.2) is 71.0 Å². The van der Waals surface area contributed by atoms with Crippen LogP contribution >= 0.6 is 0 Å². The van der Waals surface area contributed by atoms with E-state index in [1.54, 1.807) is 11.1 Å². The zero-order chi connectivity index (χ0) is 21.7. The first kappa shape index (κ1) is 21.8. The average molecular weight is 404 g/mol. The third-order valence-corrected chi connectivity index (χ3v) is 5.97. The molecule has 0 bridgehead atoms. The molecule has 3 heterocycles. The Kier molecular flexibility index (Phi) is 5.37. The van der Waals surface area contributed by atoms with E-state index in [-0.39, 0.29) is 11.6 Å². The lowest BCUT2D eigenvalue weighted by molar-refractivity contribution is -0.0350. The van der Waals surface area contributed by atoms with Gasteiger partial charge in [-0.3, -0.25) is 4.68 Å². The van der Waals surface area contributed by atoms with E-state index in [9.17, 15) is 4.79 Å². The molecular weight excluding hydrogens is 371 g/mol. The molecule has 1 aromatic heterocycles. The first-order valence-corrected chi connectivity index (χ1v) is 10.1. The van der Waals surface area contributed by atoms with Crippen LogP contribution in [0.5, 0.6) is 0 Å². The van der Waals surface area contributed by atoms with Crippen molar-refractivity contribution in [3.8, 4) is 0 Å². The summed E-state index contributed by atoms with van der Waals surface area (Å²) in [6.45, 7) is 18.9. The minimum atomic E-state index is -0.520. The van der Waals surface area contributed by atoms with Crippen molar-refractivity contribution in [3.63, 3.8) is 0 Å². The molecule has 0 spiro atoms. The van der Waals surface area contributed by atoms with E-state index in [1.165, 1.54) is 0 Å². The van der Waals surface area contributed by atoms with Crippen molar-refractivity contribution in [1.82, 2.24) is 14.7 Å². The van der Waals surface area contributed by atoms with E-state index in [0.29, 0.717) is 19.6 Å². The van der Waals surface area contributed by atoms with Gasteiger partial charge in [-0.1, -0.05) is 0 Å². The number of carbonyl (C=O) groups is 1. The number of nitrogens with zero attached hydrogens (tertiary/aromatic N) is 4. The van der Waals surface area contributed by atoms with Gasteiger partial charge in [0, 0.05) is 24.4 Å². The molecule has 0 N–H and O–H groups in total. The van der Waals surface area contributed by atoms with Crippen LogP contribution in [0.25, 0.3) is 0 Å². The van der Waals surface area contributed by atoms with Gasteiger partial charge in [0.25, 0.3) is 0 Å². The van der Waals surface area contributed by atoms with E-state index in [1.807, 2.05) is 59.3 Å². The molecule has 9 heteroatoms. The summed E-state index contributed by atoms with van der Waals surface area (Å²) in [6, 6.07) is 0. The summed E-state index contributed by atoms with van der Waals surface area (Å²) >= 11 is 0. The number of rotatable bonds is 5. The normalized spacial score (nSPS) is 22.3. The van der Waals surface area contributed by atoms with Crippen molar-refractivity contribution in [1.29, 1.82) is 0 Å². The quantitative estimate of drug-likeness (QED) is 0.556. The van der Waals surface area contributed by atoms with Gasteiger partial charge in [0.2, 0.25) is 0 Å². The topological polar surface area (TPSA) is 78.2 Å². The number of carbonyl (C=O) groups excluding carboxylic acids is 1. The van der Waals surface area contributed by atoms with Crippen molar-refractivity contribution in [3.05, 3.63) is 12.4 Å². The van der Waals surface area contributed by atoms with Crippen LogP contribution < -0.4 is 5.46 Å². The van der Waals surface area contributed by atoms with Crippen molar-refractivity contribution in [2.24, 2.45) is 4.99 Å². The standard InChI is InChI=1S/C20H33BN4O4/c1-17(2,3)27-16(26)24-13-20(14-24,9-10-22-8)25-12-15(11-23-25)21-28-18(4,5)19(6,7)29-21/h11-12H,8-10,13-14H2,1-7H3. The minimum Gasteiger partial charge on any atom is -0.444 e. The Labute approximate surface area is 173 Å². The Hall–Kier alpha value is -1.87. The summed E-state index contributed by atoms with van der Waals surface area (Å²) in [7, 11) is -0.467. The Balaban J connectivity index is 1.75. The third-order valence-electron chi connectivity index (χ3n) is 5.97. The molecule has 2 aliphatic heterocycles. The van der Waals surface area contributed by atoms with Crippen LogP contribution in [0.15, 0.2) is 17.4 Å². The third kappa shape index (κ3) is 4.21. The molecular formula is C20H33BN4O4. The van der Waals surface area contributed by atoms with Crippen molar-refractivity contribution in [2.45, 2.75) is 77.2 Å². The molecule has 3 rings (SSSR count). The molecule has 160 valence electrons. The highest BCUT2D eigenvalue weighted by Crippen LogP contribution is 2.37. The molecule has 2 saturated heterocycles. The van der Waals surface area contributed by atoms with Gasteiger partial charge in [0.05, 0.1) is 29.8 Å². The van der Waals surface area contributed by atoms with Crippen molar-refractivity contribution in [2.75, 3.05) is 19.6 Å². The summed E-state index contributed by atoms with van der Waals surface area (Å²) in [6.07, 6.45) is 4.16. The van der Waals surface area contributed by atoms with Crippen molar-refractivity contribution >= 4 is 25.4 Å². The number of hydrogen-bond acceptors (Lipinski definition) is 6. The molecule has 0 saturated carbocycles. The number of amides is 1. The molecule has 1 amide bonds. The number of hydrogen-bond donors (Lipinski definition) is 0. The predicted molar refractivity (Wildman–Crippen MR) is 113 cm³/mol. The highest BCUT2D eigenvalue weighted by Gasteiger charge is 2.53. The zero-order valence-corrected chi connectivity index (χ0v) is 18.7. The van der Waals surface area contributed by atoms with Gasteiger partial charge in [-0.25, -0.2) is 4.79 Å². The van der Waals surface area contributed by atoms with E-state index >= 15 is 0 Å². The number of likely N-dealkylation sites (tertiary alicyclic amines) is 1. The molecule has 0 radical (unpaired) electrons. The molecule has 29 heavy (non-hydrogen) atoms. The number of aliphatic imine (C=N–C) groups is 1. The van der Waals surface area contributed by atoms with Crippen LogP contribution in [0.3, 0.4) is 0 Å². The van der Waals surface area contributed by atoms with Gasteiger partial charge in [-0.2, -0.15) is 5.10 Å². The maximum atomic E-state index is 12.4. The van der Waals surface area contributed by atoms with Crippen molar-refractivity contribution < 1.29 is 18.8 Å². The minimum absolute atomic E-state index is 0.307. The fourth-order valence-corrected chi connectivity index (χ4v) is 3.52. The zero-order valence-electron chi connectivity index (χ0n) is 18.7. The fraction of sp³-hybridized carbons (Fsp3) is 0.750. The first-order valence-electron chi connectivity index (χ1n) is 10.1. The largest absolute Gasteiger partial charge is 0.498 e. The van der Waals surface area contributed by atoms with Gasteiger partial charge in [0.1, 0.15) is 5.60 Å². The molecule has 0 aromatic carbocycles. The SMILES string of the molecule is C=NCCC1(n2cc(B3OC(C)(C)C(C)(C)O3)cn2)CN(C(=O)OC(C)(C)C)C1. The van der Waals surface area contributed by atoms with Crippen LogP contribution in [-0.2, 0) is 19.6 Å². The van der Waals surface area contributed by atoms with Gasteiger partial charge in [-0.05, 0) is 61.6 Å². The number of ether oxygens (including phenoxy) is 1. The van der Waals surface area contributed by atoms with Crippen LogP contribution in [0, 0.1) is 0 Å². The van der Waals surface area contributed by atoms with E-state index in [0.717, 1.165) is 11.9 Å². The average Bonchev–Trinajstić information content (AvgIpc) is 3.08. The Morgan fingerprint density at radius 2 is 1.86 bits per heavy atom. The Bertz CT molecular complexity index is 762. The molecule has 0 atom stereocenters. The Morgan fingerprint density at radius 3 is 2.38 bits per heavy atom. The molecule has 2 aliphatic rings. The monoisotopic (exact) mass is 404 g/mol. The summed E-state index contributed by atoms with van der Waals surface area (Å²) in [5.74, 6) is 0. The van der Waals surface area contributed by atoms with Gasteiger partial charge in [-0.15, -0.1) is 0 Å². The summed E-state index contributed by atoms with van der Waals surface area (Å²) in [4.78, 5) is 18.1. The lowest BCUT2D eigenvalue weighted by Crippen LogP contribution is -2.65. The second kappa shape index (κ2) is 7.13. The molecule has 0 unspecified atom stereocenters. The first-order chi connectivity index (χ1) is 13.3. The molecule has 0 aliphatic carbocycles. The summed E-state index contributed by atoms with van der Waals surface area (Å²) in [5, 5.41) is 4.59. The maximum Gasteiger partial charge on any atom is 0.498 e. The second-order valence-corrected chi connectivity index (χ2v) is 10.1. The van der Waals surface area contributed by atoms with Gasteiger partial charge >= 0.3 is 13.2 Å². The number of aromatic nitrogens is 2. The molecule has 2 fully saturated rings. The highest BCUT2D eigenvalue weighted by molar-refractivity contribution is 6.62. The van der Waals surface area contributed by atoms with Gasteiger partial charge in [0.15, 0.2) is 0 Å². The summed E-state index contributed by atoms with van der Waals surface area (Å²) in [5.41, 5.74) is -0.805. The Morgan fingerprint density at radius 1 is 1.28 bits per heavy atom. The lowest BCUT2D eigenvalue weighted by atomic mass is 9.81. The van der Waals surface area contributed by atoms with Crippen LogP contribution in [0.2, 0.25) is 0 Å². The predicted octanol–water partition coefficient (Wildman–Crippen LogP) is 2.22. The second-order valence-electron chi connectivity index (χ2n) is 10.1. The van der Waals surface area contributed by atoms with E-state index in [4.69, 9.17) is 14.0 Å². The van der Waals surface area contributed by atoms with Crippen LogP contribution in [0.4, 0.5) is 4.79 Å².